The Kier molecular flexibility index (Phi) is 7.89. The molecule has 54 heavy (non-hydrogen) atoms. The summed E-state index contributed by atoms with van der Waals surface area (Å²) in [7, 11) is 0. The van der Waals surface area contributed by atoms with Crippen molar-refractivity contribution in [1.29, 1.82) is 10.5 Å². The molecule has 0 aromatic heterocycles. The van der Waals surface area contributed by atoms with Gasteiger partial charge in [-0.1, -0.05) is 30.3 Å². The first-order valence-electron chi connectivity index (χ1n) is 15.3. The molecule has 2 aliphatic carbocycles. The molecule has 0 aliphatic heterocycles. The minimum atomic E-state index is -5.16. The van der Waals surface area contributed by atoms with E-state index in [2.05, 4.69) is 0 Å². The predicted molar refractivity (Wildman–Crippen MR) is 169 cm³/mol. The summed E-state index contributed by atoms with van der Waals surface area (Å²) in [6.45, 7) is 0. The molecule has 15 heteroatoms. The maximum absolute atomic E-state index is 14.1. The zero-order valence-electron chi connectivity index (χ0n) is 26.4. The molecule has 0 heterocycles. The summed E-state index contributed by atoms with van der Waals surface area (Å²) in [4.78, 5) is 14.1. The Hall–Kier alpha value is -6.35. The third kappa shape index (κ3) is 5.86. The number of carbonyl (C=O) groups is 1. The van der Waals surface area contributed by atoms with Crippen LogP contribution in [0.5, 0.6) is 0 Å². The standard InChI is InChI=1S/C39H14F12N2O/c40-36(41,42)22-7-19(8-23(13-22)37(43,44)45)17-2-4-28-30(11-17)26-5-6-29-32(21(15-52)16-53)27-3-1-18(12-31(27)33(29)34(26)35(28)54)20-9-24(38(46,47)48)14-25(10-20)39(49,50)51/h1-14H. The van der Waals surface area contributed by atoms with E-state index in [1.54, 1.807) is 12.1 Å². The predicted octanol–water partition coefficient (Wildman–Crippen LogP) is 12.1. The number of ketones is 1. The van der Waals surface area contributed by atoms with Crippen molar-refractivity contribution < 1.29 is 57.5 Å². The topological polar surface area (TPSA) is 64.7 Å². The Bertz CT molecular complexity index is 2510. The van der Waals surface area contributed by atoms with Gasteiger partial charge in [-0.05, 0) is 105 Å². The highest BCUT2D eigenvalue weighted by Gasteiger charge is 2.40. The Morgan fingerprint density at radius 2 is 0.796 bits per heavy atom. The normalized spacial score (nSPS) is 13.5. The van der Waals surface area contributed by atoms with Gasteiger partial charge in [0, 0.05) is 22.3 Å². The Morgan fingerprint density at radius 1 is 0.407 bits per heavy atom. The van der Waals surface area contributed by atoms with Gasteiger partial charge in [-0.15, -0.1) is 0 Å². The van der Waals surface area contributed by atoms with E-state index in [0.29, 0.717) is 24.3 Å². The second-order valence-electron chi connectivity index (χ2n) is 12.3. The SMILES string of the molecule is N#CC(C#N)=C1c2ccc(-c3cc(C(F)(F)F)cc(C(F)(F)F)c3)cc2-c2c1ccc1c2C(=O)c2ccc(-c3cc(C(F)(F)F)cc(C(F)(F)F)c3)cc2-1. The van der Waals surface area contributed by atoms with Crippen molar-refractivity contribution in [3.05, 3.63) is 135 Å². The lowest BCUT2D eigenvalue weighted by Gasteiger charge is -2.15. The average molecular weight is 755 g/mol. The van der Waals surface area contributed by atoms with Crippen LogP contribution >= 0.6 is 0 Å². The smallest absolute Gasteiger partial charge is 0.289 e. The van der Waals surface area contributed by atoms with E-state index in [-0.39, 0.29) is 73.3 Å². The van der Waals surface area contributed by atoms with Crippen LogP contribution in [0.1, 0.15) is 49.3 Å². The van der Waals surface area contributed by atoms with E-state index in [9.17, 15) is 68.0 Å². The van der Waals surface area contributed by atoms with Crippen LogP contribution in [-0.2, 0) is 24.7 Å². The van der Waals surface area contributed by atoms with E-state index < -0.39 is 69.4 Å². The molecule has 0 radical (unpaired) electrons. The van der Waals surface area contributed by atoms with Crippen LogP contribution in [0.3, 0.4) is 0 Å². The maximum Gasteiger partial charge on any atom is 0.416 e. The molecule has 0 atom stereocenters. The van der Waals surface area contributed by atoms with Crippen molar-refractivity contribution in [1.82, 2.24) is 0 Å². The molecular formula is C39H14F12N2O. The van der Waals surface area contributed by atoms with E-state index in [0.717, 1.165) is 6.07 Å². The highest BCUT2D eigenvalue weighted by Crippen LogP contribution is 2.54. The van der Waals surface area contributed by atoms with Crippen LogP contribution in [0, 0.1) is 22.7 Å². The third-order valence-electron chi connectivity index (χ3n) is 9.13. The number of fused-ring (bicyclic) bond motifs is 7. The van der Waals surface area contributed by atoms with Crippen LogP contribution in [-0.4, -0.2) is 5.78 Å². The summed E-state index contributed by atoms with van der Waals surface area (Å²) in [5, 5.41) is 19.6. The fourth-order valence-corrected chi connectivity index (χ4v) is 6.77. The number of hydrogen-bond acceptors (Lipinski definition) is 3. The summed E-state index contributed by atoms with van der Waals surface area (Å²) in [6.07, 6.45) is -20.6. The molecule has 0 saturated carbocycles. The Labute approximate surface area is 295 Å². The van der Waals surface area contributed by atoms with Crippen LogP contribution in [0.25, 0.3) is 50.1 Å². The number of hydrogen-bond donors (Lipinski definition) is 0. The number of nitriles is 2. The third-order valence-corrected chi connectivity index (χ3v) is 9.13. The van der Waals surface area contributed by atoms with Crippen LogP contribution in [0.4, 0.5) is 52.7 Å². The van der Waals surface area contributed by atoms with Crippen molar-refractivity contribution in [2.45, 2.75) is 24.7 Å². The van der Waals surface area contributed by atoms with Gasteiger partial charge < -0.3 is 0 Å². The number of carbonyl (C=O) groups excluding carboxylic acids is 1. The summed E-state index contributed by atoms with van der Waals surface area (Å²) in [5.41, 5.74) is -7.38. The summed E-state index contributed by atoms with van der Waals surface area (Å²) in [6, 6.07) is 15.6. The monoisotopic (exact) mass is 754 g/mol. The molecule has 0 saturated heterocycles. The molecule has 5 aromatic carbocycles. The van der Waals surface area contributed by atoms with Crippen molar-refractivity contribution in [2.75, 3.05) is 0 Å². The molecule has 0 N–H and O–H groups in total. The lowest BCUT2D eigenvalue weighted by molar-refractivity contribution is -0.144. The lowest BCUT2D eigenvalue weighted by atomic mass is 9.92. The van der Waals surface area contributed by atoms with Crippen molar-refractivity contribution in [3.63, 3.8) is 0 Å². The second-order valence-corrected chi connectivity index (χ2v) is 12.3. The molecule has 0 spiro atoms. The number of allylic oxidation sites excluding steroid dienone is 1. The summed E-state index contributed by atoms with van der Waals surface area (Å²) < 4.78 is 164. The van der Waals surface area contributed by atoms with Gasteiger partial charge in [0.2, 0.25) is 0 Å². The molecule has 0 bridgehead atoms. The minimum Gasteiger partial charge on any atom is -0.289 e. The highest BCUT2D eigenvalue weighted by molar-refractivity contribution is 6.27. The zero-order valence-corrected chi connectivity index (χ0v) is 26.4. The number of rotatable bonds is 2. The van der Waals surface area contributed by atoms with Gasteiger partial charge in [-0.2, -0.15) is 63.2 Å². The zero-order chi connectivity index (χ0) is 39.3. The van der Waals surface area contributed by atoms with Crippen LogP contribution < -0.4 is 0 Å². The van der Waals surface area contributed by atoms with Gasteiger partial charge >= 0.3 is 24.7 Å². The fourth-order valence-electron chi connectivity index (χ4n) is 6.77. The highest BCUT2D eigenvalue weighted by atomic mass is 19.4. The molecule has 3 nitrogen and oxygen atoms in total. The van der Waals surface area contributed by atoms with Crippen molar-refractivity contribution >= 4 is 11.4 Å². The lowest BCUT2D eigenvalue weighted by Crippen LogP contribution is -2.11. The van der Waals surface area contributed by atoms with Gasteiger partial charge in [0.15, 0.2) is 5.78 Å². The fraction of sp³-hybridized carbons (Fsp3) is 0.103. The van der Waals surface area contributed by atoms with E-state index in [1.807, 2.05) is 0 Å². The Morgan fingerprint density at radius 3 is 1.22 bits per heavy atom. The van der Waals surface area contributed by atoms with E-state index >= 15 is 0 Å². The number of halogens is 12. The summed E-state index contributed by atoms with van der Waals surface area (Å²) >= 11 is 0. The largest absolute Gasteiger partial charge is 0.416 e. The van der Waals surface area contributed by atoms with Gasteiger partial charge in [-0.3, -0.25) is 4.79 Å². The first-order valence-corrected chi connectivity index (χ1v) is 15.3. The number of benzene rings is 5. The second kappa shape index (κ2) is 11.8. The maximum atomic E-state index is 14.1. The number of alkyl halides is 12. The van der Waals surface area contributed by atoms with Gasteiger partial charge in [0.1, 0.15) is 17.7 Å². The van der Waals surface area contributed by atoms with Crippen LogP contribution in [0.15, 0.2) is 90.5 Å². The van der Waals surface area contributed by atoms with Crippen LogP contribution in [0.2, 0.25) is 0 Å². The molecule has 5 aromatic rings. The number of nitrogens with zero attached hydrogens (tertiary/aromatic N) is 2. The molecule has 270 valence electrons. The average Bonchev–Trinajstić information content (AvgIpc) is 3.57. The van der Waals surface area contributed by atoms with Crippen molar-refractivity contribution in [3.8, 4) is 56.6 Å². The molecule has 0 amide bonds. The van der Waals surface area contributed by atoms with Gasteiger partial charge in [0.05, 0.1) is 22.3 Å². The molecular weight excluding hydrogens is 740 g/mol. The molecule has 7 rings (SSSR count). The minimum absolute atomic E-state index is 0.0196. The van der Waals surface area contributed by atoms with Gasteiger partial charge in [-0.25, -0.2) is 0 Å². The van der Waals surface area contributed by atoms with E-state index in [4.69, 9.17) is 0 Å². The Balaban J connectivity index is 1.46. The van der Waals surface area contributed by atoms with E-state index in [1.165, 1.54) is 42.5 Å². The summed E-state index contributed by atoms with van der Waals surface area (Å²) in [5.74, 6) is -0.685. The molecule has 0 unspecified atom stereocenters. The first-order chi connectivity index (χ1) is 25.1. The van der Waals surface area contributed by atoms with Crippen molar-refractivity contribution in [2.24, 2.45) is 0 Å². The quantitative estimate of drug-likeness (QED) is 0.130. The molecule has 0 fully saturated rings. The van der Waals surface area contributed by atoms with Gasteiger partial charge in [0.25, 0.3) is 0 Å². The first kappa shape index (κ1) is 36.0. The molecule has 2 aliphatic rings.